The molecule has 21 heavy (non-hydrogen) atoms. The van der Waals surface area contributed by atoms with Crippen LogP contribution in [-0.4, -0.2) is 42.0 Å². The summed E-state index contributed by atoms with van der Waals surface area (Å²) in [6.45, 7) is 3.04. The monoisotopic (exact) mass is 301 g/mol. The van der Waals surface area contributed by atoms with Crippen LogP contribution in [0.5, 0.6) is 0 Å². The SMILES string of the molecule is O=C(c1cccnc1)N1CCN(c2cccc(Cl)c2)CC1. The van der Waals surface area contributed by atoms with E-state index >= 15 is 0 Å². The average Bonchev–Trinajstić information content (AvgIpc) is 2.55. The van der Waals surface area contributed by atoms with Crippen LogP contribution in [0.4, 0.5) is 5.69 Å². The first-order valence-corrected chi connectivity index (χ1v) is 7.31. The number of hydrogen-bond donors (Lipinski definition) is 0. The number of pyridine rings is 1. The van der Waals surface area contributed by atoms with E-state index in [9.17, 15) is 4.79 Å². The van der Waals surface area contributed by atoms with Gasteiger partial charge in [0.25, 0.3) is 5.91 Å². The second kappa shape index (κ2) is 6.14. The molecule has 1 aliphatic heterocycles. The molecule has 1 fully saturated rings. The summed E-state index contributed by atoms with van der Waals surface area (Å²) in [6, 6.07) is 11.4. The normalized spacial score (nSPS) is 15.1. The van der Waals surface area contributed by atoms with E-state index in [0.29, 0.717) is 18.7 Å². The number of rotatable bonds is 2. The van der Waals surface area contributed by atoms with E-state index in [0.717, 1.165) is 23.8 Å². The summed E-state index contributed by atoms with van der Waals surface area (Å²) in [7, 11) is 0. The van der Waals surface area contributed by atoms with Gasteiger partial charge in [0.1, 0.15) is 0 Å². The van der Waals surface area contributed by atoms with Crippen molar-refractivity contribution in [2.45, 2.75) is 0 Å². The number of halogens is 1. The standard InChI is InChI=1S/C16H16ClN3O/c17-14-4-1-5-15(11-14)19-7-9-20(10-8-19)16(21)13-3-2-6-18-12-13/h1-6,11-12H,7-10H2. The Morgan fingerprint density at radius 1 is 1.10 bits per heavy atom. The van der Waals surface area contributed by atoms with Crippen LogP contribution < -0.4 is 4.90 Å². The Kier molecular flexibility index (Phi) is 4.06. The quantitative estimate of drug-likeness (QED) is 0.856. The highest BCUT2D eigenvalue weighted by atomic mass is 35.5. The van der Waals surface area contributed by atoms with Gasteiger partial charge < -0.3 is 9.80 Å². The van der Waals surface area contributed by atoms with Crippen LogP contribution in [-0.2, 0) is 0 Å². The average molecular weight is 302 g/mol. The molecule has 2 aromatic rings. The maximum absolute atomic E-state index is 12.3. The van der Waals surface area contributed by atoms with Crippen molar-refractivity contribution in [1.82, 2.24) is 9.88 Å². The van der Waals surface area contributed by atoms with Gasteiger partial charge in [0.2, 0.25) is 0 Å². The minimum atomic E-state index is 0.0499. The van der Waals surface area contributed by atoms with Crippen LogP contribution in [0.1, 0.15) is 10.4 Å². The summed E-state index contributed by atoms with van der Waals surface area (Å²) in [5.74, 6) is 0.0499. The highest BCUT2D eigenvalue weighted by molar-refractivity contribution is 6.30. The number of amides is 1. The smallest absolute Gasteiger partial charge is 0.255 e. The van der Waals surface area contributed by atoms with Gasteiger partial charge in [-0.2, -0.15) is 0 Å². The molecule has 0 unspecified atom stereocenters. The molecular weight excluding hydrogens is 286 g/mol. The lowest BCUT2D eigenvalue weighted by atomic mass is 10.2. The largest absolute Gasteiger partial charge is 0.368 e. The molecule has 1 amide bonds. The lowest BCUT2D eigenvalue weighted by molar-refractivity contribution is 0.0746. The maximum Gasteiger partial charge on any atom is 0.255 e. The van der Waals surface area contributed by atoms with Crippen molar-refractivity contribution in [2.75, 3.05) is 31.1 Å². The minimum absolute atomic E-state index is 0.0499. The number of piperazine rings is 1. The number of hydrogen-bond acceptors (Lipinski definition) is 3. The zero-order valence-corrected chi connectivity index (χ0v) is 12.3. The molecule has 0 bridgehead atoms. The Labute approximate surface area is 129 Å². The second-order valence-corrected chi connectivity index (χ2v) is 5.44. The molecule has 2 heterocycles. The van der Waals surface area contributed by atoms with Crippen LogP contribution >= 0.6 is 11.6 Å². The Balaban J connectivity index is 1.64. The summed E-state index contributed by atoms with van der Waals surface area (Å²) >= 11 is 6.03. The molecule has 0 saturated carbocycles. The van der Waals surface area contributed by atoms with Crippen molar-refractivity contribution in [3.63, 3.8) is 0 Å². The van der Waals surface area contributed by atoms with Gasteiger partial charge in [-0.25, -0.2) is 0 Å². The summed E-state index contributed by atoms with van der Waals surface area (Å²) < 4.78 is 0. The van der Waals surface area contributed by atoms with Crippen LogP contribution in [0, 0.1) is 0 Å². The fourth-order valence-electron chi connectivity index (χ4n) is 2.51. The molecule has 5 heteroatoms. The van der Waals surface area contributed by atoms with E-state index in [4.69, 9.17) is 11.6 Å². The van der Waals surface area contributed by atoms with Gasteiger partial charge in [-0.3, -0.25) is 9.78 Å². The molecule has 0 radical (unpaired) electrons. The van der Waals surface area contributed by atoms with Gasteiger partial charge in [0.05, 0.1) is 5.56 Å². The topological polar surface area (TPSA) is 36.4 Å². The fourth-order valence-corrected chi connectivity index (χ4v) is 2.70. The molecule has 4 nitrogen and oxygen atoms in total. The Morgan fingerprint density at radius 2 is 1.90 bits per heavy atom. The summed E-state index contributed by atoms with van der Waals surface area (Å²) in [5.41, 5.74) is 1.75. The molecule has 0 aliphatic carbocycles. The van der Waals surface area contributed by atoms with Crippen LogP contribution in [0.25, 0.3) is 0 Å². The third-order valence-electron chi connectivity index (χ3n) is 3.65. The van der Waals surface area contributed by atoms with Gasteiger partial charge in [-0.1, -0.05) is 17.7 Å². The number of carbonyl (C=O) groups is 1. The molecule has 108 valence electrons. The fraction of sp³-hybridized carbons (Fsp3) is 0.250. The predicted molar refractivity (Wildman–Crippen MR) is 83.8 cm³/mol. The molecule has 1 aliphatic rings. The van der Waals surface area contributed by atoms with Crippen molar-refractivity contribution < 1.29 is 4.79 Å². The van der Waals surface area contributed by atoms with Crippen LogP contribution in [0.2, 0.25) is 5.02 Å². The number of benzene rings is 1. The van der Waals surface area contributed by atoms with E-state index in [1.165, 1.54) is 0 Å². The van der Waals surface area contributed by atoms with Crippen molar-refractivity contribution in [3.05, 3.63) is 59.4 Å². The maximum atomic E-state index is 12.3. The molecular formula is C16H16ClN3O. The summed E-state index contributed by atoms with van der Waals surface area (Å²) in [6.07, 6.45) is 3.29. The zero-order valence-electron chi connectivity index (χ0n) is 11.6. The Hall–Kier alpha value is -2.07. The first kappa shape index (κ1) is 13.9. The van der Waals surface area contributed by atoms with E-state index in [1.54, 1.807) is 24.5 Å². The Bertz CT molecular complexity index is 624. The van der Waals surface area contributed by atoms with Gasteiger partial charge in [-0.05, 0) is 30.3 Å². The highest BCUT2D eigenvalue weighted by Crippen LogP contribution is 2.21. The van der Waals surface area contributed by atoms with Gasteiger partial charge >= 0.3 is 0 Å². The lowest BCUT2D eigenvalue weighted by Crippen LogP contribution is -2.48. The van der Waals surface area contributed by atoms with Gasteiger partial charge in [-0.15, -0.1) is 0 Å². The predicted octanol–water partition coefficient (Wildman–Crippen LogP) is 2.70. The lowest BCUT2D eigenvalue weighted by Gasteiger charge is -2.36. The molecule has 0 spiro atoms. The molecule has 0 atom stereocenters. The van der Waals surface area contributed by atoms with Crippen molar-refractivity contribution in [3.8, 4) is 0 Å². The molecule has 0 N–H and O–H groups in total. The van der Waals surface area contributed by atoms with E-state index in [-0.39, 0.29) is 5.91 Å². The third-order valence-corrected chi connectivity index (χ3v) is 3.88. The van der Waals surface area contributed by atoms with Crippen molar-refractivity contribution in [1.29, 1.82) is 0 Å². The number of anilines is 1. The number of carbonyl (C=O) groups excluding carboxylic acids is 1. The zero-order chi connectivity index (χ0) is 14.7. The van der Waals surface area contributed by atoms with Gasteiger partial charge in [0.15, 0.2) is 0 Å². The second-order valence-electron chi connectivity index (χ2n) is 5.00. The number of aromatic nitrogens is 1. The molecule has 1 saturated heterocycles. The molecule has 1 aromatic carbocycles. The first-order valence-electron chi connectivity index (χ1n) is 6.94. The summed E-state index contributed by atoms with van der Waals surface area (Å²) in [4.78, 5) is 20.5. The molecule has 3 rings (SSSR count). The van der Waals surface area contributed by atoms with Crippen molar-refractivity contribution >= 4 is 23.2 Å². The minimum Gasteiger partial charge on any atom is -0.368 e. The third kappa shape index (κ3) is 3.16. The van der Waals surface area contributed by atoms with Crippen LogP contribution in [0.15, 0.2) is 48.8 Å². The number of nitrogens with zero attached hydrogens (tertiary/aromatic N) is 3. The van der Waals surface area contributed by atoms with Crippen LogP contribution in [0.3, 0.4) is 0 Å². The Morgan fingerprint density at radius 3 is 2.57 bits per heavy atom. The first-order chi connectivity index (χ1) is 10.2. The van der Waals surface area contributed by atoms with E-state index in [2.05, 4.69) is 9.88 Å². The van der Waals surface area contributed by atoms with E-state index < -0.39 is 0 Å². The molecule has 1 aromatic heterocycles. The summed E-state index contributed by atoms with van der Waals surface area (Å²) in [5, 5.41) is 0.737. The van der Waals surface area contributed by atoms with E-state index in [1.807, 2.05) is 29.2 Å². The van der Waals surface area contributed by atoms with Crippen molar-refractivity contribution in [2.24, 2.45) is 0 Å². The van der Waals surface area contributed by atoms with Gasteiger partial charge in [0, 0.05) is 49.3 Å². The highest BCUT2D eigenvalue weighted by Gasteiger charge is 2.22.